The topological polar surface area (TPSA) is 66.4 Å². The highest BCUT2D eigenvalue weighted by Crippen LogP contribution is 2.19. The van der Waals surface area contributed by atoms with Gasteiger partial charge in [0.2, 0.25) is 0 Å². The first-order chi connectivity index (χ1) is 9.86. The monoisotopic (exact) mass is 355 g/mol. The van der Waals surface area contributed by atoms with Crippen LogP contribution in [0.5, 0.6) is 0 Å². The molecule has 0 spiro atoms. The predicted octanol–water partition coefficient (Wildman–Crippen LogP) is 3.68. The van der Waals surface area contributed by atoms with Crippen LogP contribution in [0.15, 0.2) is 40.9 Å². The molecule has 2 aromatic rings. The zero-order chi connectivity index (χ0) is 15.6. The Labute approximate surface area is 126 Å². The number of amides is 1. The number of benzene rings is 2. The molecule has 21 heavy (non-hydrogen) atoms. The molecule has 0 aliphatic heterocycles. The predicted molar refractivity (Wildman–Crippen MR) is 75.4 cm³/mol. The van der Waals surface area contributed by atoms with Gasteiger partial charge < -0.3 is 10.4 Å². The van der Waals surface area contributed by atoms with Crippen LogP contribution < -0.4 is 5.32 Å². The first-order valence-electron chi connectivity index (χ1n) is 5.67. The van der Waals surface area contributed by atoms with E-state index in [1.54, 1.807) is 0 Å². The number of halogens is 3. The van der Waals surface area contributed by atoms with E-state index in [-0.39, 0.29) is 16.8 Å². The highest BCUT2D eigenvalue weighted by Gasteiger charge is 2.13. The molecule has 0 aliphatic carbocycles. The third-order valence-corrected chi connectivity index (χ3v) is 3.04. The van der Waals surface area contributed by atoms with Crippen LogP contribution >= 0.6 is 15.9 Å². The number of carboxylic acid groups (broad SMARTS) is 1. The fourth-order valence-electron chi connectivity index (χ4n) is 1.63. The summed E-state index contributed by atoms with van der Waals surface area (Å²) in [6, 6.07) is 6.51. The summed E-state index contributed by atoms with van der Waals surface area (Å²) in [6.07, 6.45) is 0. The lowest BCUT2D eigenvalue weighted by molar-refractivity contribution is 0.0696. The summed E-state index contributed by atoms with van der Waals surface area (Å²) in [5, 5.41) is 11.0. The Morgan fingerprint density at radius 2 is 1.76 bits per heavy atom. The zero-order valence-corrected chi connectivity index (χ0v) is 11.9. The number of carboxylic acids is 1. The molecule has 0 aliphatic rings. The van der Waals surface area contributed by atoms with Crippen molar-refractivity contribution >= 4 is 33.5 Å². The highest BCUT2D eigenvalue weighted by atomic mass is 79.9. The van der Waals surface area contributed by atoms with E-state index in [1.807, 2.05) is 0 Å². The second kappa shape index (κ2) is 6.01. The maximum Gasteiger partial charge on any atom is 0.335 e. The molecule has 0 unspecified atom stereocenters. The third-order valence-electron chi connectivity index (χ3n) is 2.59. The smallest absolute Gasteiger partial charge is 0.335 e. The van der Waals surface area contributed by atoms with E-state index in [4.69, 9.17) is 5.11 Å². The number of anilines is 1. The first kappa shape index (κ1) is 15.1. The van der Waals surface area contributed by atoms with E-state index >= 15 is 0 Å². The molecule has 0 atom stereocenters. The van der Waals surface area contributed by atoms with Gasteiger partial charge in [0.1, 0.15) is 11.6 Å². The molecule has 2 aromatic carbocycles. The minimum Gasteiger partial charge on any atom is -0.478 e. The van der Waals surface area contributed by atoms with Gasteiger partial charge in [-0.05, 0) is 36.4 Å². The van der Waals surface area contributed by atoms with E-state index in [2.05, 4.69) is 21.2 Å². The highest BCUT2D eigenvalue weighted by molar-refractivity contribution is 9.10. The number of carbonyl (C=O) groups excluding carboxylic acids is 1. The van der Waals surface area contributed by atoms with Crippen molar-refractivity contribution < 1.29 is 23.5 Å². The van der Waals surface area contributed by atoms with Gasteiger partial charge >= 0.3 is 5.97 Å². The molecular formula is C14H8BrF2NO3. The molecule has 2 N–H and O–H groups in total. The van der Waals surface area contributed by atoms with Crippen LogP contribution in [0.1, 0.15) is 20.7 Å². The molecule has 2 rings (SSSR count). The van der Waals surface area contributed by atoms with Crippen molar-refractivity contribution in [3.63, 3.8) is 0 Å². The Kier molecular flexibility index (Phi) is 4.32. The minimum absolute atomic E-state index is 0.0259. The Morgan fingerprint density at radius 3 is 2.38 bits per heavy atom. The Hall–Kier alpha value is -2.28. The molecule has 0 fully saturated rings. The van der Waals surface area contributed by atoms with Gasteiger partial charge in [0.05, 0.1) is 11.3 Å². The van der Waals surface area contributed by atoms with Gasteiger partial charge in [-0.25, -0.2) is 13.6 Å². The van der Waals surface area contributed by atoms with E-state index in [1.165, 1.54) is 12.1 Å². The van der Waals surface area contributed by atoms with Crippen LogP contribution in [-0.4, -0.2) is 17.0 Å². The third kappa shape index (κ3) is 3.63. The van der Waals surface area contributed by atoms with Crippen LogP contribution in [0.3, 0.4) is 0 Å². The largest absolute Gasteiger partial charge is 0.478 e. The van der Waals surface area contributed by atoms with Crippen molar-refractivity contribution in [2.75, 3.05) is 5.32 Å². The maximum absolute atomic E-state index is 13.6. The van der Waals surface area contributed by atoms with Crippen molar-refractivity contribution in [2.24, 2.45) is 0 Å². The number of carbonyl (C=O) groups is 2. The van der Waals surface area contributed by atoms with Gasteiger partial charge in [-0.15, -0.1) is 0 Å². The number of rotatable bonds is 3. The van der Waals surface area contributed by atoms with Crippen LogP contribution in [0.2, 0.25) is 0 Å². The molecular weight excluding hydrogens is 348 g/mol. The van der Waals surface area contributed by atoms with Gasteiger partial charge in [0, 0.05) is 10.0 Å². The molecule has 0 aromatic heterocycles. The normalized spacial score (nSPS) is 10.2. The molecule has 0 bridgehead atoms. The fourth-order valence-corrected chi connectivity index (χ4v) is 2.10. The quantitative estimate of drug-likeness (QED) is 0.882. The Morgan fingerprint density at radius 1 is 1.05 bits per heavy atom. The average Bonchev–Trinajstić information content (AvgIpc) is 2.39. The summed E-state index contributed by atoms with van der Waals surface area (Å²) in [7, 11) is 0. The molecule has 0 saturated heterocycles. The number of hydrogen-bond donors (Lipinski definition) is 2. The lowest BCUT2D eigenvalue weighted by atomic mass is 10.1. The lowest BCUT2D eigenvalue weighted by Crippen LogP contribution is -2.14. The number of hydrogen-bond acceptors (Lipinski definition) is 2. The number of nitrogens with one attached hydrogen (secondary N) is 1. The van der Waals surface area contributed by atoms with Crippen LogP contribution in [0.25, 0.3) is 0 Å². The summed E-state index contributed by atoms with van der Waals surface area (Å²) in [4.78, 5) is 22.8. The summed E-state index contributed by atoms with van der Waals surface area (Å²) >= 11 is 3.04. The van der Waals surface area contributed by atoms with E-state index in [0.717, 1.165) is 24.3 Å². The Balaban J connectivity index is 2.31. The van der Waals surface area contributed by atoms with Gasteiger partial charge in [-0.3, -0.25) is 4.79 Å². The van der Waals surface area contributed by atoms with Gasteiger partial charge in [-0.1, -0.05) is 15.9 Å². The van der Waals surface area contributed by atoms with Crippen molar-refractivity contribution in [3.8, 4) is 0 Å². The van der Waals surface area contributed by atoms with E-state index < -0.39 is 23.5 Å². The molecule has 108 valence electrons. The standard InChI is InChI=1S/C14H8BrF2NO3/c15-9-3-8(4-10(16)6-9)13(19)18-12-5-7(14(20)21)1-2-11(12)17/h1-6H,(H,18,19)(H,20,21). The SMILES string of the molecule is O=C(O)c1ccc(F)c(NC(=O)c2cc(F)cc(Br)c2)c1. The second-order valence-electron chi connectivity index (χ2n) is 4.11. The minimum atomic E-state index is -1.25. The molecule has 0 saturated carbocycles. The second-order valence-corrected chi connectivity index (χ2v) is 5.03. The van der Waals surface area contributed by atoms with Crippen molar-refractivity contribution in [3.05, 3.63) is 63.6 Å². The van der Waals surface area contributed by atoms with Crippen LogP contribution in [0.4, 0.5) is 14.5 Å². The molecule has 7 heteroatoms. The number of aromatic carboxylic acids is 1. The van der Waals surface area contributed by atoms with Gasteiger partial charge in [-0.2, -0.15) is 0 Å². The van der Waals surface area contributed by atoms with E-state index in [0.29, 0.717) is 4.47 Å². The summed E-state index contributed by atoms with van der Waals surface area (Å²) in [6.45, 7) is 0. The van der Waals surface area contributed by atoms with Crippen molar-refractivity contribution in [1.82, 2.24) is 0 Å². The van der Waals surface area contributed by atoms with Gasteiger partial charge in [0.25, 0.3) is 5.91 Å². The van der Waals surface area contributed by atoms with E-state index in [9.17, 15) is 18.4 Å². The molecule has 1 amide bonds. The van der Waals surface area contributed by atoms with Crippen LogP contribution in [0, 0.1) is 11.6 Å². The summed E-state index contributed by atoms with van der Waals surface area (Å²) in [5.74, 6) is -3.42. The Bertz CT molecular complexity index is 714. The maximum atomic E-state index is 13.6. The molecule has 4 nitrogen and oxygen atoms in total. The molecule has 0 radical (unpaired) electrons. The first-order valence-corrected chi connectivity index (χ1v) is 6.46. The summed E-state index contributed by atoms with van der Waals surface area (Å²) in [5.41, 5.74) is -0.491. The molecule has 0 heterocycles. The van der Waals surface area contributed by atoms with Gasteiger partial charge in [0.15, 0.2) is 0 Å². The lowest BCUT2D eigenvalue weighted by Gasteiger charge is -2.08. The van der Waals surface area contributed by atoms with Crippen molar-refractivity contribution in [1.29, 1.82) is 0 Å². The summed E-state index contributed by atoms with van der Waals surface area (Å²) < 4.78 is 27.1. The van der Waals surface area contributed by atoms with Crippen LogP contribution in [-0.2, 0) is 0 Å². The fraction of sp³-hybridized carbons (Fsp3) is 0. The van der Waals surface area contributed by atoms with Crippen molar-refractivity contribution in [2.45, 2.75) is 0 Å². The zero-order valence-electron chi connectivity index (χ0n) is 10.4. The average molecular weight is 356 g/mol.